The van der Waals surface area contributed by atoms with E-state index in [-0.39, 0.29) is 12.3 Å². The minimum absolute atomic E-state index is 0.197. The van der Waals surface area contributed by atoms with Crippen molar-refractivity contribution >= 4 is 81.1 Å². The van der Waals surface area contributed by atoms with Crippen LogP contribution in [0.2, 0.25) is 0 Å². The van der Waals surface area contributed by atoms with Gasteiger partial charge in [-0.1, -0.05) is 133 Å². The van der Waals surface area contributed by atoms with Crippen molar-refractivity contribution in [3.63, 3.8) is 0 Å². The molecule has 0 fully saturated rings. The van der Waals surface area contributed by atoms with E-state index in [2.05, 4.69) is 191 Å². The zero-order chi connectivity index (χ0) is 37.5. The Balaban J connectivity index is 1.06. The maximum atomic E-state index is 6.63. The van der Waals surface area contributed by atoms with Crippen LogP contribution in [0.1, 0.15) is 29.0 Å². The number of benzene rings is 8. The fourth-order valence-corrected chi connectivity index (χ4v) is 10.2. The van der Waals surface area contributed by atoms with Crippen molar-refractivity contribution in [2.75, 3.05) is 0 Å². The lowest BCUT2D eigenvalue weighted by Crippen LogP contribution is -2.45. The van der Waals surface area contributed by atoms with Gasteiger partial charge in [-0.05, 0) is 70.8 Å². The van der Waals surface area contributed by atoms with Gasteiger partial charge in [-0.15, -0.1) is 11.3 Å². The molecule has 3 aromatic heterocycles. The summed E-state index contributed by atoms with van der Waals surface area (Å²) in [5.74, 6) is 0.874. The fraction of sp³-hybridized carbons (Fsp3) is 0.0392. The van der Waals surface area contributed by atoms with E-state index >= 15 is 0 Å². The van der Waals surface area contributed by atoms with Crippen molar-refractivity contribution in [2.45, 2.75) is 12.3 Å². The Morgan fingerprint density at radius 1 is 0.526 bits per heavy atom. The van der Waals surface area contributed by atoms with Gasteiger partial charge >= 0.3 is 0 Å². The molecule has 2 N–H and O–H groups in total. The molecule has 5 nitrogen and oxygen atoms in total. The van der Waals surface area contributed by atoms with E-state index < -0.39 is 0 Å². The number of aliphatic imine (C=N–C) groups is 1. The number of amidine groups is 1. The first-order valence-electron chi connectivity index (χ1n) is 19.4. The minimum Gasteiger partial charge on any atom is -0.456 e. The average Bonchev–Trinajstić information content (AvgIpc) is 3.96. The second-order valence-corrected chi connectivity index (χ2v) is 15.8. The van der Waals surface area contributed by atoms with Crippen LogP contribution in [0.5, 0.6) is 0 Å². The molecule has 11 aromatic rings. The van der Waals surface area contributed by atoms with Gasteiger partial charge in [0.15, 0.2) is 0 Å². The number of hydrogen-bond acceptors (Lipinski definition) is 5. The van der Waals surface area contributed by atoms with Gasteiger partial charge in [-0.2, -0.15) is 0 Å². The lowest BCUT2D eigenvalue weighted by molar-refractivity contribution is 0.411. The topological polar surface area (TPSA) is 54.5 Å². The summed E-state index contributed by atoms with van der Waals surface area (Å²) < 4.78 is 11.5. The summed E-state index contributed by atoms with van der Waals surface area (Å²) in [4.78, 5) is 5.19. The first kappa shape index (κ1) is 32.3. The summed E-state index contributed by atoms with van der Waals surface area (Å²) in [5.41, 5.74) is 11.0. The number of aromatic nitrogens is 1. The van der Waals surface area contributed by atoms with Crippen LogP contribution in [0.25, 0.3) is 80.7 Å². The minimum atomic E-state index is -0.220. The largest absolute Gasteiger partial charge is 0.456 e. The lowest BCUT2D eigenvalue weighted by Gasteiger charge is -2.32. The van der Waals surface area contributed by atoms with Crippen molar-refractivity contribution in [3.8, 4) is 16.8 Å². The van der Waals surface area contributed by atoms with E-state index in [0.29, 0.717) is 0 Å². The monoisotopic (exact) mass is 750 g/mol. The van der Waals surface area contributed by atoms with Crippen molar-refractivity contribution in [2.24, 2.45) is 4.99 Å². The highest BCUT2D eigenvalue weighted by Gasteiger charge is 2.28. The Kier molecular flexibility index (Phi) is 7.24. The third-order valence-electron chi connectivity index (χ3n) is 11.5. The number of rotatable bonds is 5. The molecular formula is C51H34N4OS. The number of nitrogens with one attached hydrogen (secondary N) is 2. The van der Waals surface area contributed by atoms with E-state index in [0.717, 1.165) is 50.2 Å². The van der Waals surface area contributed by atoms with Crippen molar-refractivity contribution < 1.29 is 4.42 Å². The number of fused-ring (bicyclic) bond motifs is 9. The molecule has 8 aromatic carbocycles. The predicted octanol–water partition coefficient (Wildman–Crippen LogP) is 13.1. The zero-order valence-electron chi connectivity index (χ0n) is 30.7. The van der Waals surface area contributed by atoms with E-state index in [1.165, 1.54) is 53.1 Å². The van der Waals surface area contributed by atoms with Crippen molar-refractivity contribution in [1.82, 2.24) is 15.2 Å². The van der Waals surface area contributed by atoms with Crippen LogP contribution in [0.4, 0.5) is 0 Å². The van der Waals surface area contributed by atoms with Crippen LogP contribution in [-0.4, -0.2) is 10.4 Å². The summed E-state index contributed by atoms with van der Waals surface area (Å²) in [6, 6.07) is 64.8. The Bertz CT molecular complexity index is 3320. The Morgan fingerprint density at radius 2 is 1.18 bits per heavy atom. The van der Waals surface area contributed by atoms with Crippen LogP contribution < -0.4 is 10.6 Å². The molecule has 0 bridgehead atoms. The highest BCUT2D eigenvalue weighted by Crippen LogP contribution is 2.46. The van der Waals surface area contributed by atoms with Gasteiger partial charge in [0.25, 0.3) is 0 Å². The quantitative estimate of drug-likeness (QED) is 0.184. The fourth-order valence-electron chi connectivity index (χ4n) is 9.00. The molecule has 0 spiro atoms. The maximum absolute atomic E-state index is 6.63. The summed E-state index contributed by atoms with van der Waals surface area (Å²) in [6.45, 7) is 0. The van der Waals surface area contributed by atoms with Gasteiger partial charge in [-0.25, -0.2) is 4.99 Å². The Hall–Kier alpha value is -6.99. The number of para-hydroxylation sites is 2. The van der Waals surface area contributed by atoms with E-state index in [4.69, 9.17) is 9.41 Å². The molecule has 0 amide bonds. The van der Waals surface area contributed by atoms with Gasteiger partial charge in [0.1, 0.15) is 29.3 Å². The SMILES string of the molecule is c1ccc(C2=NC(c3ccccc3)NC(c3cccc4sc5cccc(-c6cccc7oc8ccc(-n9c%10ccccc%10c%10ccccc%109)cc8c67)c5c34)N2)cc1. The van der Waals surface area contributed by atoms with Gasteiger partial charge in [0, 0.05) is 53.0 Å². The number of thiophene rings is 1. The molecule has 2 atom stereocenters. The maximum Gasteiger partial charge on any atom is 0.136 e. The zero-order valence-corrected chi connectivity index (χ0v) is 31.5. The summed E-state index contributed by atoms with van der Waals surface area (Å²) in [5, 5.41) is 14.9. The number of furan rings is 1. The van der Waals surface area contributed by atoms with E-state index in [1.54, 1.807) is 0 Å². The Labute approximate surface area is 332 Å². The highest BCUT2D eigenvalue weighted by molar-refractivity contribution is 7.26. The molecule has 2 unspecified atom stereocenters. The molecule has 270 valence electrons. The van der Waals surface area contributed by atoms with Crippen LogP contribution in [-0.2, 0) is 0 Å². The van der Waals surface area contributed by atoms with Crippen molar-refractivity contribution in [3.05, 3.63) is 199 Å². The van der Waals surface area contributed by atoms with E-state index in [9.17, 15) is 0 Å². The van der Waals surface area contributed by atoms with Gasteiger partial charge in [-0.3, -0.25) is 5.32 Å². The van der Waals surface area contributed by atoms with Gasteiger partial charge in [0.05, 0.1) is 11.0 Å². The summed E-state index contributed by atoms with van der Waals surface area (Å²) in [6.07, 6.45) is -0.418. The predicted molar refractivity (Wildman–Crippen MR) is 238 cm³/mol. The molecule has 57 heavy (non-hydrogen) atoms. The molecule has 0 radical (unpaired) electrons. The Morgan fingerprint density at radius 3 is 1.95 bits per heavy atom. The first-order chi connectivity index (χ1) is 28.3. The van der Waals surface area contributed by atoms with Crippen LogP contribution in [0, 0.1) is 0 Å². The third kappa shape index (κ3) is 5.08. The summed E-state index contributed by atoms with van der Waals surface area (Å²) >= 11 is 1.84. The normalized spacial score (nSPS) is 15.9. The molecule has 1 aliphatic heterocycles. The molecule has 12 rings (SSSR count). The highest BCUT2D eigenvalue weighted by atomic mass is 32.1. The first-order valence-corrected chi connectivity index (χ1v) is 20.2. The van der Waals surface area contributed by atoms with Crippen molar-refractivity contribution in [1.29, 1.82) is 0 Å². The molecule has 0 saturated carbocycles. The van der Waals surface area contributed by atoms with Crippen LogP contribution in [0.15, 0.2) is 191 Å². The molecule has 0 aliphatic carbocycles. The second kappa shape index (κ2) is 12.8. The number of hydrogen-bond donors (Lipinski definition) is 2. The molecule has 6 heteroatoms. The van der Waals surface area contributed by atoms with Crippen LogP contribution in [0.3, 0.4) is 0 Å². The average molecular weight is 751 g/mol. The molecule has 0 saturated heterocycles. The standard InChI is InChI=1S/C51H34N4OS/c1-3-14-31(15-4-1)49-52-50(32-16-5-2-6-17-32)54-51(53-49)38-22-13-27-45-48(38)47-37(21-12-26-44(47)57-45)36-20-11-25-43-46(36)39-30-33(28-29-42(39)56-43)55-40-23-9-7-18-34(40)35-19-8-10-24-41(35)55/h1-30,49,51,53H,(H,52,54). The molecule has 4 heterocycles. The lowest BCUT2D eigenvalue weighted by atomic mass is 9.93. The van der Waals surface area contributed by atoms with Gasteiger partial charge < -0.3 is 14.3 Å². The molecule has 1 aliphatic rings. The smallest absolute Gasteiger partial charge is 0.136 e. The molecular weight excluding hydrogens is 717 g/mol. The summed E-state index contributed by atoms with van der Waals surface area (Å²) in [7, 11) is 0. The van der Waals surface area contributed by atoms with Gasteiger partial charge in [0.2, 0.25) is 0 Å². The number of nitrogens with zero attached hydrogens (tertiary/aromatic N) is 2. The van der Waals surface area contributed by atoms with Crippen LogP contribution >= 0.6 is 11.3 Å². The third-order valence-corrected chi connectivity index (χ3v) is 12.6. The second-order valence-electron chi connectivity index (χ2n) is 14.7. The van der Waals surface area contributed by atoms with E-state index in [1.807, 2.05) is 17.4 Å².